The number of aliphatic hydroxyl groups is 2. The Morgan fingerprint density at radius 1 is 1.02 bits per heavy atom. The number of para-hydroxylation sites is 1. The number of nitrogens with one attached hydrogen (secondary N) is 1. The van der Waals surface area contributed by atoms with E-state index in [1.807, 2.05) is 50.3 Å². The molecule has 3 N–H and O–H groups in total. The molecule has 14 heteroatoms. The van der Waals surface area contributed by atoms with Gasteiger partial charge in [0.15, 0.2) is 6.10 Å². The monoisotopic (exact) mass is 827 g/mol. The Labute approximate surface area is 354 Å². The molecule has 2 bridgehead atoms. The van der Waals surface area contributed by atoms with Crippen LogP contribution in [-0.4, -0.2) is 133 Å². The molecule has 9 rings (SSSR count). The second-order valence-electron chi connectivity index (χ2n) is 18.0. The highest BCUT2D eigenvalue weighted by molar-refractivity contribution is 5.96. The Balaban J connectivity index is 1.40. The van der Waals surface area contributed by atoms with E-state index in [9.17, 15) is 24.6 Å². The lowest BCUT2D eigenvalue weighted by molar-refractivity contribution is -0.228. The van der Waals surface area contributed by atoms with E-state index in [1.54, 1.807) is 12.1 Å². The molecule has 1 aliphatic carbocycles. The number of benzene rings is 2. The summed E-state index contributed by atoms with van der Waals surface area (Å²) in [7, 11) is -0.603. The number of methoxy groups -OCH3 is 3. The minimum atomic E-state index is -3.16. The average molecular weight is 828 g/mol. The number of amides is 1. The normalized spacial score (nSPS) is 37.4. The summed E-state index contributed by atoms with van der Waals surface area (Å²) in [5, 5.41) is 26.2. The number of anilines is 1. The van der Waals surface area contributed by atoms with Crippen LogP contribution in [0.1, 0.15) is 79.4 Å². The van der Waals surface area contributed by atoms with Gasteiger partial charge < -0.3 is 39.0 Å². The fourth-order valence-electron chi connectivity index (χ4n) is 13.3. The van der Waals surface area contributed by atoms with Gasteiger partial charge in [-0.3, -0.25) is 24.2 Å². The number of piperidine rings is 1. The number of aromatic amines is 1. The van der Waals surface area contributed by atoms with E-state index < -0.39 is 70.6 Å². The second-order valence-corrected chi connectivity index (χ2v) is 18.0. The number of nitrogens with zero attached hydrogens (tertiary/aromatic N) is 3. The minimum absolute atomic E-state index is 0.00132. The lowest BCUT2D eigenvalue weighted by Crippen LogP contribution is -2.81. The highest BCUT2D eigenvalue weighted by atomic mass is 16.6. The van der Waals surface area contributed by atoms with E-state index in [4.69, 9.17) is 23.1 Å². The molecule has 320 valence electrons. The van der Waals surface area contributed by atoms with Crippen molar-refractivity contribution in [1.29, 1.82) is 0 Å². The molecular formula is C46H56N4O10. The summed E-state index contributed by atoms with van der Waals surface area (Å²) >= 11 is 0. The summed E-state index contributed by atoms with van der Waals surface area (Å²) in [6, 6.07) is 9.12. The molecule has 1 saturated carbocycles. The number of aromatic nitrogens is 1. The van der Waals surface area contributed by atoms with Gasteiger partial charge in [-0.15, -0.1) is 0 Å². The van der Waals surface area contributed by atoms with Crippen LogP contribution in [0.25, 0.3) is 10.9 Å². The number of hydrogen-bond acceptors (Lipinski definition) is 12. The first-order valence-electron chi connectivity index (χ1n) is 22.6. The Hall–Kier alpha value is -4.76. The highest BCUT2D eigenvalue weighted by Gasteiger charge is 2.81. The molecule has 2 saturated heterocycles. The predicted octanol–water partition coefficient (Wildman–Crippen LogP) is 3.52. The van der Waals surface area contributed by atoms with Gasteiger partial charge >= 0.3 is 17.9 Å². The Bertz CT molecular complexity index is 2420. The van der Waals surface area contributed by atoms with Crippen LogP contribution in [0.2, 0.25) is 0 Å². The van der Waals surface area contributed by atoms with Crippen molar-refractivity contribution in [2.45, 2.75) is 99.5 Å². The van der Waals surface area contributed by atoms with Crippen LogP contribution in [-0.2, 0) is 50.6 Å². The number of hydrogen-bond donors (Lipinski definition) is 3. The zero-order valence-corrected chi connectivity index (χ0v) is 34.8. The maximum absolute atomic E-state index is 15.6. The van der Waals surface area contributed by atoms with Crippen molar-refractivity contribution in [2.75, 3.05) is 58.9 Å². The van der Waals surface area contributed by atoms with E-state index in [0.717, 1.165) is 23.6 Å². The number of carbonyl (C=O) groups is 4. The first kappa shape index (κ1) is 37.0. The lowest BCUT2D eigenvalue weighted by atomic mass is 9.47. The van der Waals surface area contributed by atoms with Crippen LogP contribution in [0.3, 0.4) is 0 Å². The molecule has 6 aliphatic rings. The zero-order valence-electron chi connectivity index (χ0n) is 37.8. The van der Waals surface area contributed by atoms with E-state index in [2.05, 4.69) is 14.8 Å². The van der Waals surface area contributed by atoms with Crippen molar-refractivity contribution in [3.63, 3.8) is 0 Å². The molecule has 2 aromatic carbocycles. The van der Waals surface area contributed by atoms with Crippen molar-refractivity contribution in [1.82, 2.24) is 14.8 Å². The third-order valence-electron chi connectivity index (χ3n) is 15.4. The summed E-state index contributed by atoms with van der Waals surface area (Å²) < 4.78 is 48.2. The third-order valence-corrected chi connectivity index (χ3v) is 15.4. The van der Waals surface area contributed by atoms with Crippen LogP contribution in [0.4, 0.5) is 5.69 Å². The molecule has 5 aliphatic heterocycles. The maximum atomic E-state index is 15.6. The van der Waals surface area contributed by atoms with Gasteiger partial charge in [-0.2, -0.15) is 0 Å². The van der Waals surface area contributed by atoms with Gasteiger partial charge in [-0.05, 0) is 74.2 Å². The molecule has 3 aromatic rings. The Kier molecular flexibility index (Phi) is 8.73. The van der Waals surface area contributed by atoms with E-state index in [0.29, 0.717) is 88.2 Å². The summed E-state index contributed by atoms with van der Waals surface area (Å²) in [4.78, 5) is 66.2. The number of carbonyl (C=O) groups excluding carboxylic acids is 4. The standard InChI is InChI=1S/C46H56N4O10/c1-7-42(55)22-28-23-45(40(53)58-5,36-30(14-18-48(24-28)25-42)29-12-9-10-13-33(29)47-36)32-20-31-34(21-35(32)57-4)50(26-51)38-44(31)16-19-49-17-11-15-43(8-2,37(44)49)39(60-27(3)52)46(38,56)41(54)59-6/h9-13,15,20-21,26,28,37-39,47,55-56H,7-8,14,16-19,22-25H2,1-6H3/t28-,37-,38+,39+,42-,43+,44+,45-,46-/m0/s1/i5D3. The minimum Gasteiger partial charge on any atom is -0.496 e. The van der Waals surface area contributed by atoms with Crippen molar-refractivity contribution in [3.8, 4) is 5.75 Å². The number of fused-ring (bicyclic) bond motifs is 6. The van der Waals surface area contributed by atoms with Crippen molar-refractivity contribution in [3.05, 3.63) is 70.9 Å². The van der Waals surface area contributed by atoms with Crippen molar-refractivity contribution < 1.29 is 52.5 Å². The second kappa shape index (κ2) is 14.1. The van der Waals surface area contributed by atoms with E-state index in [-0.39, 0.29) is 23.7 Å². The van der Waals surface area contributed by atoms with Gasteiger partial charge in [0, 0.05) is 78.2 Å². The fraction of sp³-hybridized carbons (Fsp3) is 0.565. The summed E-state index contributed by atoms with van der Waals surface area (Å²) in [5.41, 5.74) is -5.05. The highest BCUT2D eigenvalue weighted by Crippen LogP contribution is 2.68. The molecule has 1 unspecified atom stereocenters. The van der Waals surface area contributed by atoms with E-state index >= 15 is 4.79 Å². The van der Waals surface area contributed by atoms with Gasteiger partial charge in [-0.1, -0.05) is 44.2 Å². The number of rotatable bonds is 8. The van der Waals surface area contributed by atoms with Crippen LogP contribution in [0, 0.1) is 11.3 Å². The van der Waals surface area contributed by atoms with Crippen LogP contribution in [0.15, 0.2) is 48.6 Å². The summed E-state index contributed by atoms with van der Waals surface area (Å²) in [6.45, 7) is 7.50. The third kappa shape index (κ3) is 5.19. The Morgan fingerprint density at radius 2 is 1.82 bits per heavy atom. The molecule has 6 heterocycles. The van der Waals surface area contributed by atoms with Crippen molar-refractivity contribution >= 4 is 40.9 Å². The summed E-state index contributed by atoms with van der Waals surface area (Å²) in [5.74, 6) is -3.10. The fourth-order valence-corrected chi connectivity index (χ4v) is 13.3. The van der Waals surface area contributed by atoms with Gasteiger partial charge in [0.25, 0.3) is 0 Å². The predicted molar refractivity (Wildman–Crippen MR) is 221 cm³/mol. The molecule has 14 nitrogen and oxygen atoms in total. The number of esters is 3. The molecule has 3 fully saturated rings. The summed E-state index contributed by atoms with van der Waals surface area (Å²) in [6.07, 6.45) is 4.77. The van der Waals surface area contributed by atoms with E-state index in [1.165, 1.54) is 18.9 Å². The largest absolute Gasteiger partial charge is 0.496 e. The zero-order chi connectivity index (χ0) is 45.1. The molecular weight excluding hydrogens is 769 g/mol. The van der Waals surface area contributed by atoms with Gasteiger partial charge in [0.05, 0.1) is 42.7 Å². The first-order chi connectivity index (χ1) is 29.9. The SMILES string of the molecule is [2H]C([2H])([2H])OC(=O)[C@]1(c2cc3c(cc2OC)N(C=O)[C@H]2[C@@](O)(C(=O)OC)[C@H](OC(C)=O)[C@]4(CC)C=CCN5CC[C@]32[C@@H]54)C[C@H]2CN(CCc3c1[nH]c1ccccc31)C[C@](O)(CC)C2. The Morgan fingerprint density at radius 3 is 2.52 bits per heavy atom. The topological polar surface area (TPSA) is 171 Å². The molecule has 0 radical (unpaired) electrons. The smallest absolute Gasteiger partial charge is 0.344 e. The maximum Gasteiger partial charge on any atom is 0.344 e. The van der Waals surface area contributed by atoms with Crippen LogP contribution in [0.5, 0.6) is 5.75 Å². The quantitative estimate of drug-likeness (QED) is 0.131. The first-order valence-corrected chi connectivity index (χ1v) is 21.1. The number of H-pyrrole nitrogens is 1. The lowest BCUT2D eigenvalue weighted by Gasteiger charge is -2.63. The van der Waals surface area contributed by atoms with Crippen LogP contribution >= 0.6 is 0 Å². The van der Waals surface area contributed by atoms with Crippen molar-refractivity contribution in [2.24, 2.45) is 11.3 Å². The number of ether oxygens (including phenoxy) is 4. The van der Waals surface area contributed by atoms with Gasteiger partial charge in [0.1, 0.15) is 11.2 Å². The molecule has 1 spiro atoms. The average Bonchev–Trinajstić information content (AvgIpc) is 3.92. The molecule has 1 amide bonds. The van der Waals surface area contributed by atoms with Gasteiger partial charge in [-0.25, -0.2) is 4.79 Å². The van der Waals surface area contributed by atoms with Crippen LogP contribution < -0.4 is 9.64 Å². The molecule has 10 atom stereocenters. The van der Waals surface area contributed by atoms with Gasteiger partial charge in [0.2, 0.25) is 12.0 Å². The molecule has 1 aromatic heterocycles. The molecule has 60 heavy (non-hydrogen) atoms.